The highest BCUT2D eigenvalue weighted by molar-refractivity contribution is 4.92. The zero-order valence-corrected chi connectivity index (χ0v) is 13.6. The number of nitrogens with two attached hydrogens (primary N) is 1. The molecule has 0 aromatic carbocycles. The molecule has 2 saturated heterocycles. The molecule has 3 aliphatic rings. The highest BCUT2D eigenvalue weighted by atomic mass is 16.5. The molecule has 0 radical (unpaired) electrons. The van der Waals surface area contributed by atoms with Gasteiger partial charge in [0, 0.05) is 32.7 Å². The molecule has 21 heavy (non-hydrogen) atoms. The number of rotatable bonds is 4. The van der Waals surface area contributed by atoms with E-state index in [1.807, 2.05) is 0 Å². The average Bonchev–Trinajstić information content (AvgIpc) is 2.73. The minimum Gasteiger partial charge on any atom is -0.370 e. The lowest BCUT2D eigenvalue weighted by Gasteiger charge is -2.34. The summed E-state index contributed by atoms with van der Waals surface area (Å²) in [6.45, 7) is 7.79. The van der Waals surface area contributed by atoms with Gasteiger partial charge in [-0.3, -0.25) is 4.90 Å². The van der Waals surface area contributed by atoms with Crippen molar-refractivity contribution in [3.63, 3.8) is 0 Å². The van der Waals surface area contributed by atoms with E-state index in [1.54, 1.807) is 0 Å². The van der Waals surface area contributed by atoms with Crippen molar-refractivity contribution in [2.24, 2.45) is 5.73 Å². The molecule has 122 valence electrons. The number of ether oxygens (including phenoxy) is 1. The fourth-order valence-corrected chi connectivity index (χ4v) is 4.49. The van der Waals surface area contributed by atoms with Crippen LogP contribution in [0.4, 0.5) is 0 Å². The lowest BCUT2D eigenvalue weighted by molar-refractivity contribution is -0.0715. The van der Waals surface area contributed by atoms with E-state index in [9.17, 15) is 0 Å². The van der Waals surface area contributed by atoms with Crippen LogP contribution >= 0.6 is 0 Å². The number of hydrogen-bond donors (Lipinski definition) is 1. The van der Waals surface area contributed by atoms with Crippen molar-refractivity contribution >= 4 is 0 Å². The second-order valence-electron chi connectivity index (χ2n) is 7.31. The van der Waals surface area contributed by atoms with Crippen LogP contribution in [0, 0.1) is 0 Å². The van der Waals surface area contributed by atoms with Crippen molar-refractivity contribution in [2.45, 2.75) is 63.1 Å². The maximum absolute atomic E-state index is 6.53. The molecule has 0 amide bonds. The molecule has 0 bridgehead atoms. The van der Waals surface area contributed by atoms with Crippen LogP contribution in [0.25, 0.3) is 0 Å². The monoisotopic (exact) mass is 295 g/mol. The minimum atomic E-state index is 0.278. The molecule has 1 saturated carbocycles. The summed E-state index contributed by atoms with van der Waals surface area (Å²) in [7, 11) is 0. The summed E-state index contributed by atoms with van der Waals surface area (Å²) >= 11 is 0. The zero-order chi connectivity index (χ0) is 14.5. The average molecular weight is 295 g/mol. The summed E-state index contributed by atoms with van der Waals surface area (Å²) in [5.41, 5.74) is 5.96. The van der Waals surface area contributed by atoms with E-state index in [2.05, 4.69) is 9.80 Å². The molecule has 0 aromatic rings. The largest absolute Gasteiger partial charge is 0.370 e. The van der Waals surface area contributed by atoms with E-state index in [4.69, 9.17) is 10.5 Å². The van der Waals surface area contributed by atoms with Gasteiger partial charge in [-0.15, -0.1) is 0 Å². The van der Waals surface area contributed by atoms with Gasteiger partial charge in [0.2, 0.25) is 0 Å². The van der Waals surface area contributed by atoms with Crippen molar-refractivity contribution in [1.29, 1.82) is 0 Å². The lowest BCUT2D eigenvalue weighted by Crippen LogP contribution is -2.38. The SMILES string of the molecule is NCCN1CCCN(CC2CCC3(CCCCC3)O2)CC1. The van der Waals surface area contributed by atoms with Crippen LogP contribution in [0.1, 0.15) is 51.4 Å². The van der Waals surface area contributed by atoms with E-state index in [0.29, 0.717) is 6.10 Å². The topological polar surface area (TPSA) is 41.7 Å². The number of nitrogens with zero attached hydrogens (tertiary/aromatic N) is 2. The van der Waals surface area contributed by atoms with Crippen molar-refractivity contribution < 1.29 is 4.74 Å². The van der Waals surface area contributed by atoms with E-state index in [1.165, 1.54) is 77.5 Å². The first-order chi connectivity index (χ1) is 10.3. The Kier molecular flexibility index (Phi) is 5.54. The Labute approximate surface area is 130 Å². The third-order valence-electron chi connectivity index (χ3n) is 5.69. The van der Waals surface area contributed by atoms with E-state index >= 15 is 0 Å². The Morgan fingerprint density at radius 2 is 1.67 bits per heavy atom. The summed E-state index contributed by atoms with van der Waals surface area (Å²) in [6.07, 6.45) is 11.2. The lowest BCUT2D eigenvalue weighted by atomic mass is 9.83. The molecule has 1 aliphatic carbocycles. The van der Waals surface area contributed by atoms with Crippen molar-refractivity contribution in [3.8, 4) is 0 Å². The van der Waals surface area contributed by atoms with E-state index < -0.39 is 0 Å². The van der Waals surface area contributed by atoms with Gasteiger partial charge in [-0.2, -0.15) is 0 Å². The van der Waals surface area contributed by atoms with Crippen LogP contribution in [0.5, 0.6) is 0 Å². The van der Waals surface area contributed by atoms with Crippen LogP contribution in [0.3, 0.4) is 0 Å². The Morgan fingerprint density at radius 1 is 0.905 bits per heavy atom. The smallest absolute Gasteiger partial charge is 0.0710 e. The molecular formula is C17H33N3O. The fourth-order valence-electron chi connectivity index (χ4n) is 4.49. The minimum absolute atomic E-state index is 0.278. The van der Waals surface area contributed by atoms with Crippen LogP contribution < -0.4 is 5.73 Å². The molecule has 2 aliphatic heterocycles. The first-order valence-electron chi connectivity index (χ1n) is 9.12. The molecule has 1 atom stereocenters. The molecule has 2 heterocycles. The fraction of sp³-hybridized carbons (Fsp3) is 1.00. The highest BCUT2D eigenvalue weighted by Gasteiger charge is 2.41. The molecule has 1 spiro atoms. The summed E-state index contributed by atoms with van der Waals surface area (Å²) in [5.74, 6) is 0. The highest BCUT2D eigenvalue weighted by Crippen LogP contribution is 2.42. The molecule has 0 aromatic heterocycles. The molecule has 3 rings (SSSR count). The molecule has 4 heteroatoms. The van der Waals surface area contributed by atoms with Crippen molar-refractivity contribution in [3.05, 3.63) is 0 Å². The predicted octanol–water partition coefficient (Wildman–Crippen LogP) is 1.83. The first-order valence-corrected chi connectivity index (χ1v) is 9.12. The standard InChI is InChI=1S/C17H33N3O/c18-9-12-19-10-4-11-20(14-13-19)15-16-5-8-17(21-16)6-2-1-3-7-17/h16H,1-15,18H2. The third-order valence-corrected chi connectivity index (χ3v) is 5.69. The predicted molar refractivity (Wildman–Crippen MR) is 86.5 cm³/mol. The first kappa shape index (κ1) is 15.7. The van der Waals surface area contributed by atoms with Gasteiger partial charge in [-0.05, 0) is 45.2 Å². The van der Waals surface area contributed by atoms with Gasteiger partial charge in [0.15, 0.2) is 0 Å². The molecule has 3 fully saturated rings. The normalized spacial score (nSPS) is 31.6. The van der Waals surface area contributed by atoms with E-state index in [0.717, 1.165) is 19.6 Å². The third kappa shape index (κ3) is 4.19. The summed E-state index contributed by atoms with van der Waals surface area (Å²) in [4.78, 5) is 5.14. The number of hydrogen-bond acceptors (Lipinski definition) is 4. The van der Waals surface area contributed by atoms with Crippen LogP contribution in [0.15, 0.2) is 0 Å². The Bertz CT molecular complexity index is 317. The maximum atomic E-state index is 6.53. The van der Waals surface area contributed by atoms with Crippen molar-refractivity contribution in [1.82, 2.24) is 9.80 Å². The molecular weight excluding hydrogens is 262 g/mol. The van der Waals surface area contributed by atoms with Gasteiger partial charge in [-0.25, -0.2) is 0 Å². The molecule has 1 unspecified atom stereocenters. The summed E-state index contributed by atoms with van der Waals surface area (Å²) < 4.78 is 6.53. The Hall–Kier alpha value is -0.160. The van der Waals surface area contributed by atoms with Gasteiger partial charge in [0.1, 0.15) is 0 Å². The maximum Gasteiger partial charge on any atom is 0.0710 e. The Balaban J connectivity index is 1.44. The summed E-state index contributed by atoms with van der Waals surface area (Å²) in [6, 6.07) is 0. The molecule has 2 N–H and O–H groups in total. The summed E-state index contributed by atoms with van der Waals surface area (Å²) in [5, 5.41) is 0. The zero-order valence-electron chi connectivity index (χ0n) is 13.6. The molecule has 4 nitrogen and oxygen atoms in total. The van der Waals surface area contributed by atoms with Crippen molar-refractivity contribution in [2.75, 3.05) is 45.8 Å². The van der Waals surface area contributed by atoms with Gasteiger partial charge >= 0.3 is 0 Å². The van der Waals surface area contributed by atoms with Crippen LogP contribution in [-0.4, -0.2) is 67.3 Å². The van der Waals surface area contributed by atoms with E-state index in [-0.39, 0.29) is 5.60 Å². The second kappa shape index (κ2) is 7.40. The van der Waals surface area contributed by atoms with Crippen LogP contribution in [-0.2, 0) is 4.74 Å². The van der Waals surface area contributed by atoms with Crippen LogP contribution in [0.2, 0.25) is 0 Å². The Morgan fingerprint density at radius 3 is 2.48 bits per heavy atom. The van der Waals surface area contributed by atoms with Gasteiger partial charge in [0.25, 0.3) is 0 Å². The van der Waals surface area contributed by atoms with Gasteiger partial charge < -0.3 is 15.4 Å². The second-order valence-corrected chi connectivity index (χ2v) is 7.31. The quantitative estimate of drug-likeness (QED) is 0.859. The van der Waals surface area contributed by atoms with Gasteiger partial charge in [-0.1, -0.05) is 19.3 Å². The van der Waals surface area contributed by atoms with Gasteiger partial charge in [0.05, 0.1) is 11.7 Å².